The second kappa shape index (κ2) is 9.11. The molecule has 5 aromatic rings. The summed E-state index contributed by atoms with van der Waals surface area (Å²) in [6.45, 7) is 0. The summed E-state index contributed by atoms with van der Waals surface area (Å²) in [5, 5.41) is 27.2. The molecule has 0 saturated carbocycles. The summed E-state index contributed by atoms with van der Waals surface area (Å²) in [6.07, 6.45) is -0.197. The van der Waals surface area contributed by atoms with E-state index in [-0.39, 0.29) is 23.5 Å². The van der Waals surface area contributed by atoms with Gasteiger partial charge in [0, 0.05) is 35.8 Å². The summed E-state index contributed by atoms with van der Waals surface area (Å²) < 4.78 is 1.36. The number of hydrogen-bond acceptors (Lipinski definition) is 6. The van der Waals surface area contributed by atoms with Crippen LogP contribution in [0.25, 0.3) is 21.7 Å². The van der Waals surface area contributed by atoms with Crippen LogP contribution in [-0.2, 0) is 7.05 Å². The second-order valence-corrected chi connectivity index (χ2v) is 8.77. The summed E-state index contributed by atoms with van der Waals surface area (Å²) in [6, 6.07) is 24.2. The number of aromatic nitrogens is 1. The Hall–Kier alpha value is -4.78. The van der Waals surface area contributed by atoms with Crippen molar-refractivity contribution in [3.8, 4) is 11.5 Å². The molecule has 180 valence electrons. The van der Waals surface area contributed by atoms with Crippen LogP contribution >= 0.6 is 0 Å². The molecule has 36 heavy (non-hydrogen) atoms. The van der Waals surface area contributed by atoms with Gasteiger partial charge in [-0.05, 0) is 47.2 Å². The number of phenols is 1. The quantitative estimate of drug-likeness (QED) is 0.199. The zero-order chi connectivity index (χ0) is 25.4. The second-order valence-electron chi connectivity index (χ2n) is 8.77. The van der Waals surface area contributed by atoms with E-state index in [4.69, 9.17) is 5.73 Å². The zero-order valence-electron chi connectivity index (χ0n) is 19.6. The van der Waals surface area contributed by atoms with Gasteiger partial charge in [-0.1, -0.05) is 48.5 Å². The minimum absolute atomic E-state index is 0.0125. The van der Waals surface area contributed by atoms with Crippen molar-refractivity contribution in [2.45, 2.75) is 12.5 Å². The number of anilines is 2. The fraction of sp³-hybridized carbons (Fsp3) is 0.103. The maximum Gasteiger partial charge on any atom is 0.265 e. The van der Waals surface area contributed by atoms with Gasteiger partial charge in [-0.15, -0.1) is 0 Å². The third-order valence-corrected chi connectivity index (χ3v) is 6.47. The van der Waals surface area contributed by atoms with Crippen molar-refractivity contribution >= 4 is 38.8 Å². The standard InChI is InChI=1S/C29H25N3O4/c1-32-23-12-5-4-11-21(23)28(35)27(29(32)36)25(34)16-22(31-19-9-6-8-18(30)15-19)26-20-10-3-2-7-17(20)13-14-24(26)33/h2-15,22,31,33,35H,16,30H2,1H3. The largest absolute Gasteiger partial charge is 0.508 e. The van der Waals surface area contributed by atoms with Crippen molar-refractivity contribution in [2.24, 2.45) is 7.05 Å². The van der Waals surface area contributed by atoms with Gasteiger partial charge in [0.25, 0.3) is 5.56 Å². The molecule has 1 unspecified atom stereocenters. The Morgan fingerprint density at radius 1 is 0.944 bits per heavy atom. The average Bonchev–Trinajstić information content (AvgIpc) is 2.87. The maximum absolute atomic E-state index is 13.7. The van der Waals surface area contributed by atoms with Crippen LogP contribution in [0.15, 0.2) is 89.7 Å². The number of phenolic OH excluding ortho intramolecular Hbond substituents is 1. The van der Waals surface area contributed by atoms with E-state index in [1.54, 1.807) is 61.6 Å². The highest BCUT2D eigenvalue weighted by Gasteiger charge is 2.27. The first-order valence-electron chi connectivity index (χ1n) is 11.5. The number of para-hydroxylation sites is 1. The van der Waals surface area contributed by atoms with Crippen molar-refractivity contribution in [2.75, 3.05) is 11.1 Å². The fourth-order valence-corrected chi connectivity index (χ4v) is 4.72. The minimum atomic E-state index is -0.721. The molecule has 0 radical (unpaired) electrons. The third kappa shape index (κ3) is 4.01. The van der Waals surface area contributed by atoms with Gasteiger partial charge in [0.1, 0.15) is 17.1 Å². The predicted molar refractivity (Wildman–Crippen MR) is 143 cm³/mol. The number of aryl methyl sites for hydroxylation is 1. The van der Waals surface area contributed by atoms with Crippen molar-refractivity contribution < 1.29 is 15.0 Å². The van der Waals surface area contributed by atoms with E-state index in [2.05, 4.69) is 5.32 Å². The SMILES string of the molecule is Cn1c(=O)c(C(=O)CC(Nc2cccc(N)c2)c2c(O)ccc3ccccc23)c(O)c2ccccc21. The highest BCUT2D eigenvalue weighted by Crippen LogP contribution is 2.37. The molecule has 5 rings (SSSR count). The van der Waals surface area contributed by atoms with E-state index in [1.807, 2.05) is 30.3 Å². The first-order valence-corrected chi connectivity index (χ1v) is 11.5. The van der Waals surface area contributed by atoms with Gasteiger partial charge >= 0.3 is 0 Å². The molecule has 0 aliphatic carbocycles. The number of aromatic hydroxyl groups is 2. The molecule has 0 aliphatic rings. The number of carbonyl (C=O) groups excluding carboxylic acids is 1. The molecule has 7 nitrogen and oxygen atoms in total. The first kappa shape index (κ1) is 23.0. The van der Waals surface area contributed by atoms with Gasteiger partial charge < -0.3 is 25.8 Å². The number of nitrogens with one attached hydrogen (secondary N) is 1. The number of nitrogen functional groups attached to an aromatic ring is 1. The highest BCUT2D eigenvalue weighted by atomic mass is 16.3. The minimum Gasteiger partial charge on any atom is -0.508 e. The molecule has 5 N–H and O–H groups in total. The summed E-state index contributed by atoms with van der Waals surface area (Å²) in [7, 11) is 1.57. The molecule has 0 amide bonds. The van der Waals surface area contributed by atoms with E-state index in [0.717, 1.165) is 10.8 Å². The summed E-state index contributed by atoms with van der Waals surface area (Å²) >= 11 is 0. The Labute approximate surface area is 207 Å². The monoisotopic (exact) mass is 479 g/mol. The fourth-order valence-electron chi connectivity index (χ4n) is 4.72. The molecule has 1 aromatic heterocycles. The van der Waals surface area contributed by atoms with E-state index >= 15 is 0 Å². The van der Waals surface area contributed by atoms with Gasteiger partial charge in [-0.25, -0.2) is 0 Å². The number of fused-ring (bicyclic) bond motifs is 2. The number of pyridine rings is 1. The summed E-state index contributed by atoms with van der Waals surface area (Å²) in [5.74, 6) is -0.880. The highest BCUT2D eigenvalue weighted by molar-refractivity contribution is 6.04. The Balaban J connectivity index is 1.65. The predicted octanol–water partition coefficient (Wildman–Crippen LogP) is 5.11. The van der Waals surface area contributed by atoms with Crippen LogP contribution in [0.4, 0.5) is 11.4 Å². The van der Waals surface area contributed by atoms with Crippen molar-refractivity contribution in [3.63, 3.8) is 0 Å². The van der Waals surface area contributed by atoms with E-state index in [0.29, 0.717) is 27.8 Å². The van der Waals surface area contributed by atoms with E-state index in [9.17, 15) is 19.8 Å². The summed E-state index contributed by atoms with van der Waals surface area (Å²) in [5.41, 5.74) is 7.32. The van der Waals surface area contributed by atoms with Gasteiger partial charge in [-0.3, -0.25) is 9.59 Å². The molecular formula is C29H25N3O4. The Morgan fingerprint density at radius 3 is 2.44 bits per heavy atom. The molecule has 0 bridgehead atoms. The first-order chi connectivity index (χ1) is 17.3. The van der Waals surface area contributed by atoms with Gasteiger partial charge in [0.2, 0.25) is 0 Å². The van der Waals surface area contributed by atoms with E-state index < -0.39 is 17.4 Å². The number of Topliss-reactive ketones (excluding diaryl/α,β-unsaturated/α-hetero) is 1. The Bertz CT molecular complexity index is 1690. The average molecular weight is 480 g/mol. The molecule has 0 aliphatic heterocycles. The van der Waals surface area contributed by atoms with Crippen LogP contribution in [0.5, 0.6) is 11.5 Å². The lowest BCUT2D eigenvalue weighted by molar-refractivity contribution is 0.0972. The molecule has 0 spiro atoms. The molecule has 0 fully saturated rings. The van der Waals surface area contributed by atoms with Crippen molar-refractivity contribution in [1.82, 2.24) is 4.57 Å². The van der Waals surface area contributed by atoms with Gasteiger partial charge in [0.05, 0.1) is 11.6 Å². The van der Waals surface area contributed by atoms with Crippen LogP contribution in [0.3, 0.4) is 0 Å². The molecule has 0 saturated heterocycles. The topological polar surface area (TPSA) is 118 Å². The lowest BCUT2D eigenvalue weighted by Crippen LogP contribution is -2.27. The number of nitrogens with zero attached hydrogens (tertiary/aromatic N) is 1. The molecule has 1 heterocycles. The number of nitrogens with two attached hydrogens (primary N) is 1. The molecule has 7 heteroatoms. The van der Waals surface area contributed by atoms with Crippen LogP contribution in [0.2, 0.25) is 0 Å². The van der Waals surface area contributed by atoms with Crippen molar-refractivity contribution in [3.05, 3.63) is 106 Å². The lowest BCUT2D eigenvalue weighted by atomic mass is 9.92. The Kier molecular flexibility index (Phi) is 5.82. The number of ketones is 1. The smallest absolute Gasteiger partial charge is 0.265 e. The lowest BCUT2D eigenvalue weighted by Gasteiger charge is -2.23. The van der Waals surface area contributed by atoms with E-state index in [1.165, 1.54) is 4.57 Å². The van der Waals surface area contributed by atoms with Crippen LogP contribution < -0.4 is 16.6 Å². The van der Waals surface area contributed by atoms with Gasteiger partial charge in [0.15, 0.2) is 5.78 Å². The zero-order valence-corrected chi connectivity index (χ0v) is 19.6. The maximum atomic E-state index is 13.7. The number of carbonyl (C=O) groups is 1. The third-order valence-electron chi connectivity index (χ3n) is 6.47. The molecular weight excluding hydrogens is 454 g/mol. The Morgan fingerprint density at radius 2 is 1.67 bits per heavy atom. The summed E-state index contributed by atoms with van der Waals surface area (Å²) in [4.78, 5) is 26.8. The van der Waals surface area contributed by atoms with Crippen LogP contribution in [0, 0.1) is 0 Å². The number of benzene rings is 4. The van der Waals surface area contributed by atoms with Crippen LogP contribution in [-0.4, -0.2) is 20.6 Å². The normalized spacial score (nSPS) is 12.0. The number of hydrogen-bond donors (Lipinski definition) is 4. The van der Waals surface area contributed by atoms with Crippen LogP contribution in [0.1, 0.15) is 28.4 Å². The van der Waals surface area contributed by atoms with Gasteiger partial charge in [-0.2, -0.15) is 0 Å². The number of rotatable bonds is 6. The van der Waals surface area contributed by atoms with Crippen molar-refractivity contribution in [1.29, 1.82) is 0 Å². The molecule has 4 aromatic carbocycles. The molecule has 1 atom stereocenters.